The first-order valence-electron chi connectivity index (χ1n) is 7.27. The first-order chi connectivity index (χ1) is 8.36. The molecule has 4 nitrogen and oxygen atoms in total. The van der Waals surface area contributed by atoms with Crippen LogP contribution in [0.15, 0.2) is 0 Å². The monoisotopic (exact) mass is 238 g/mol. The van der Waals surface area contributed by atoms with Crippen molar-refractivity contribution >= 4 is 0 Å². The number of hydrogen-bond donors (Lipinski definition) is 4. The SMILES string of the molecule is NCC1CC(C2CNC(C3CCCN3)C2)CN1. The summed E-state index contributed by atoms with van der Waals surface area (Å²) in [5.41, 5.74) is 5.73. The minimum Gasteiger partial charge on any atom is -0.329 e. The average Bonchev–Trinajstić information content (AvgIpc) is 3.09. The number of rotatable bonds is 3. The standard InChI is InChI=1S/C13H26N4/c14-6-11-4-9(7-16-11)10-5-13(17-8-10)12-2-1-3-15-12/h9-13,15-17H,1-8,14H2. The quantitative estimate of drug-likeness (QED) is 0.543. The lowest BCUT2D eigenvalue weighted by molar-refractivity contribution is 0.361. The third kappa shape index (κ3) is 2.50. The first-order valence-corrected chi connectivity index (χ1v) is 7.27. The van der Waals surface area contributed by atoms with Gasteiger partial charge in [-0.2, -0.15) is 0 Å². The van der Waals surface area contributed by atoms with Gasteiger partial charge in [0, 0.05) is 24.7 Å². The summed E-state index contributed by atoms with van der Waals surface area (Å²) in [7, 11) is 0. The first kappa shape index (κ1) is 11.9. The number of hydrogen-bond acceptors (Lipinski definition) is 4. The van der Waals surface area contributed by atoms with Crippen LogP contribution < -0.4 is 21.7 Å². The fraction of sp³-hybridized carbons (Fsp3) is 1.00. The van der Waals surface area contributed by atoms with Crippen LogP contribution in [0, 0.1) is 11.8 Å². The Hall–Kier alpha value is -0.160. The molecule has 98 valence electrons. The van der Waals surface area contributed by atoms with Crippen LogP contribution in [0.5, 0.6) is 0 Å². The zero-order valence-electron chi connectivity index (χ0n) is 10.6. The Kier molecular flexibility index (Phi) is 3.66. The Labute approximate surface area is 104 Å². The van der Waals surface area contributed by atoms with Gasteiger partial charge < -0.3 is 21.7 Å². The Morgan fingerprint density at radius 1 is 0.941 bits per heavy atom. The summed E-state index contributed by atoms with van der Waals surface area (Å²) in [5.74, 6) is 1.72. The van der Waals surface area contributed by atoms with Crippen LogP contribution in [0.3, 0.4) is 0 Å². The summed E-state index contributed by atoms with van der Waals surface area (Å²) in [5, 5.41) is 10.9. The van der Waals surface area contributed by atoms with E-state index in [0.29, 0.717) is 6.04 Å². The van der Waals surface area contributed by atoms with E-state index in [1.807, 2.05) is 0 Å². The molecule has 3 heterocycles. The van der Waals surface area contributed by atoms with Crippen LogP contribution in [-0.2, 0) is 0 Å². The predicted molar refractivity (Wildman–Crippen MR) is 69.9 cm³/mol. The average molecular weight is 238 g/mol. The largest absolute Gasteiger partial charge is 0.329 e. The highest BCUT2D eigenvalue weighted by atomic mass is 15.1. The lowest BCUT2D eigenvalue weighted by atomic mass is 9.87. The number of nitrogens with two attached hydrogens (primary N) is 1. The van der Waals surface area contributed by atoms with Gasteiger partial charge in [-0.1, -0.05) is 0 Å². The molecule has 3 rings (SSSR count). The normalized spacial score (nSPS) is 46.8. The van der Waals surface area contributed by atoms with Gasteiger partial charge in [0.25, 0.3) is 0 Å². The Bertz CT molecular complexity index is 252. The van der Waals surface area contributed by atoms with Crippen molar-refractivity contribution in [1.82, 2.24) is 16.0 Å². The van der Waals surface area contributed by atoms with Crippen LogP contribution in [-0.4, -0.2) is 44.3 Å². The molecule has 3 fully saturated rings. The van der Waals surface area contributed by atoms with Gasteiger partial charge in [0.1, 0.15) is 0 Å². The molecular weight excluding hydrogens is 212 g/mol. The van der Waals surface area contributed by atoms with Crippen LogP contribution >= 0.6 is 0 Å². The van der Waals surface area contributed by atoms with Crippen molar-refractivity contribution in [2.45, 2.75) is 43.8 Å². The molecule has 5 unspecified atom stereocenters. The molecule has 0 saturated carbocycles. The van der Waals surface area contributed by atoms with E-state index in [1.54, 1.807) is 0 Å². The molecule has 3 saturated heterocycles. The molecule has 5 N–H and O–H groups in total. The van der Waals surface area contributed by atoms with E-state index in [1.165, 1.54) is 45.3 Å². The van der Waals surface area contributed by atoms with Crippen LogP contribution in [0.2, 0.25) is 0 Å². The maximum atomic E-state index is 5.73. The van der Waals surface area contributed by atoms with Gasteiger partial charge in [0.15, 0.2) is 0 Å². The van der Waals surface area contributed by atoms with Crippen LogP contribution in [0.4, 0.5) is 0 Å². The molecule has 0 spiro atoms. The van der Waals surface area contributed by atoms with E-state index in [0.717, 1.165) is 30.5 Å². The summed E-state index contributed by atoms with van der Waals surface area (Å²) >= 11 is 0. The molecule has 0 radical (unpaired) electrons. The molecule has 3 aliphatic rings. The van der Waals surface area contributed by atoms with E-state index in [9.17, 15) is 0 Å². The summed E-state index contributed by atoms with van der Waals surface area (Å²) < 4.78 is 0. The topological polar surface area (TPSA) is 62.1 Å². The third-order valence-corrected chi connectivity index (χ3v) is 4.99. The molecule has 4 heteroatoms. The van der Waals surface area contributed by atoms with Crippen LogP contribution in [0.1, 0.15) is 25.7 Å². The molecule has 0 amide bonds. The summed E-state index contributed by atoms with van der Waals surface area (Å²) in [6.45, 7) is 4.41. The highest BCUT2D eigenvalue weighted by Crippen LogP contribution is 2.31. The second-order valence-electron chi connectivity index (χ2n) is 6.05. The fourth-order valence-corrected chi connectivity index (χ4v) is 3.90. The lowest BCUT2D eigenvalue weighted by Crippen LogP contribution is -2.40. The van der Waals surface area contributed by atoms with E-state index < -0.39 is 0 Å². The Morgan fingerprint density at radius 2 is 1.76 bits per heavy atom. The van der Waals surface area contributed by atoms with Crippen molar-refractivity contribution in [3.63, 3.8) is 0 Å². The van der Waals surface area contributed by atoms with Gasteiger partial charge >= 0.3 is 0 Å². The highest BCUT2D eigenvalue weighted by molar-refractivity contribution is 4.97. The Balaban J connectivity index is 1.50. The Morgan fingerprint density at radius 3 is 2.47 bits per heavy atom. The van der Waals surface area contributed by atoms with Crippen molar-refractivity contribution in [1.29, 1.82) is 0 Å². The van der Waals surface area contributed by atoms with E-state index >= 15 is 0 Å². The number of nitrogens with one attached hydrogen (secondary N) is 3. The van der Waals surface area contributed by atoms with E-state index in [-0.39, 0.29) is 0 Å². The lowest BCUT2D eigenvalue weighted by Gasteiger charge is -2.20. The van der Waals surface area contributed by atoms with Gasteiger partial charge in [-0.05, 0) is 57.2 Å². The molecule has 3 aliphatic heterocycles. The molecule has 17 heavy (non-hydrogen) atoms. The maximum Gasteiger partial charge on any atom is 0.0224 e. The van der Waals surface area contributed by atoms with Crippen molar-refractivity contribution in [3.05, 3.63) is 0 Å². The molecule has 0 aromatic heterocycles. The smallest absolute Gasteiger partial charge is 0.0224 e. The zero-order chi connectivity index (χ0) is 11.7. The zero-order valence-corrected chi connectivity index (χ0v) is 10.6. The fourth-order valence-electron chi connectivity index (χ4n) is 3.90. The molecule has 0 aliphatic carbocycles. The van der Waals surface area contributed by atoms with Gasteiger partial charge in [-0.25, -0.2) is 0 Å². The molecule has 0 bridgehead atoms. The summed E-state index contributed by atoms with van der Waals surface area (Å²) in [6, 6.07) is 2.03. The maximum absolute atomic E-state index is 5.73. The molecular formula is C13H26N4. The van der Waals surface area contributed by atoms with Crippen molar-refractivity contribution in [3.8, 4) is 0 Å². The van der Waals surface area contributed by atoms with Gasteiger partial charge in [-0.15, -0.1) is 0 Å². The third-order valence-electron chi connectivity index (χ3n) is 4.99. The summed E-state index contributed by atoms with van der Waals surface area (Å²) in [6.07, 6.45) is 5.36. The van der Waals surface area contributed by atoms with Crippen molar-refractivity contribution in [2.24, 2.45) is 17.6 Å². The van der Waals surface area contributed by atoms with Crippen molar-refractivity contribution < 1.29 is 0 Å². The minimum absolute atomic E-state index is 0.573. The second kappa shape index (κ2) is 5.22. The summed E-state index contributed by atoms with van der Waals surface area (Å²) in [4.78, 5) is 0. The predicted octanol–water partition coefficient (Wildman–Crippen LogP) is -0.347. The minimum atomic E-state index is 0.573. The highest BCUT2D eigenvalue weighted by Gasteiger charge is 2.37. The molecule has 0 aromatic carbocycles. The molecule has 5 atom stereocenters. The second-order valence-corrected chi connectivity index (χ2v) is 6.05. The molecule has 0 aromatic rings. The van der Waals surface area contributed by atoms with Gasteiger partial charge in [-0.3, -0.25) is 0 Å². The van der Waals surface area contributed by atoms with Gasteiger partial charge in [0.2, 0.25) is 0 Å². The van der Waals surface area contributed by atoms with Crippen LogP contribution in [0.25, 0.3) is 0 Å². The van der Waals surface area contributed by atoms with E-state index in [4.69, 9.17) is 5.73 Å². The van der Waals surface area contributed by atoms with Crippen molar-refractivity contribution in [2.75, 3.05) is 26.2 Å². The van der Waals surface area contributed by atoms with E-state index in [2.05, 4.69) is 16.0 Å². The van der Waals surface area contributed by atoms with Gasteiger partial charge in [0.05, 0.1) is 0 Å².